The van der Waals surface area contributed by atoms with Gasteiger partial charge >= 0.3 is 0 Å². The van der Waals surface area contributed by atoms with Crippen LogP contribution >= 0.6 is 0 Å². The zero-order valence-corrected chi connectivity index (χ0v) is 22.6. The average molecular weight is 501 g/mol. The Bertz CT molecular complexity index is 1370. The van der Waals surface area contributed by atoms with Crippen LogP contribution in [0.5, 0.6) is 5.75 Å². The Hall–Kier alpha value is -3.25. The van der Waals surface area contributed by atoms with Crippen LogP contribution in [0.15, 0.2) is 48.7 Å². The van der Waals surface area contributed by atoms with Crippen molar-refractivity contribution in [3.05, 3.63) is 65.5 Å². The average Bonchev–Trinajstić information content (AvgIpc) is 3.49. The van der Waals surface area contributed by atoms with Gasteiger partial charge < -0.3 is 24.9 Å². The molecular weight excluding hydrogens is 460 g/mol. The van der Waals surface area contributed by atoms with Crippen molar-refractivity contribution in [2.24, 2.45) is 0 Å². The summed E-state index contributed by atoms with van der Waals surface area (Å²) in [7, 11) is 1.72. The van der Waals surface area contributed by atoms with Gasteiger partial charge in [0, 0.05) is 50.7 Å². The van der Waals surface area contributed by atoms with E-state index in [9.17, 15) is 4.79 Å². The predicted molar refractivity (Wildman–Crippen MR) is 152 cm³/mol. The molecule has 6 nitrogen and oxygen atoms in total. The van der Waals surface area contributed by atoms with Gasteiger partial charge in [-0.25, -0.2) is 0 Å². The van der Waals surface area contributed by atoms with E-state index < -0.39 is 0 Å². The lowest BCUT2D eigenvalue weighted by atomic mass is 9.93. The van der Waals surface area contributed by atoms with Gasteiger partial charge in [-0.2, -0.15) is 0 Å². The van der Waals surface area contributed by atoms with Gasteiger partial charge in [-0.3, -0.25) is 4.79 Å². The van der Waals surface area contributed by atoms with Crippen molar-refractivity contribution in [1.29, 1.82) is 0 Å². The van der Waals surface area contributed by atoms with Gasteiger partial charge in [-0.15, -0.1) is 0 Å². The smallest absolute Gasteiger partial charge is 0.251 e. The molecular formula is C31H40N4O2. The minimum atomic E-state index is -0.245. The van der Waals surface area contributed by atoms with Crippen molar-refractivity contribution in [3.63, 3.8) is 0 Å². The lowest BCUT2D eigenvalue weighted by Gasteiger charge is -2.31. The van der Waals surface area contributed by atoms with Crippen LogP contribution in [0.4, 0.5) is 0 Å². The zero-order valence-electron chi connectivity index (χ0n) is 22.6. The van der Waals surface area contributed by atoms with E-state index in [2.05, 4.69) is 44.6 Å². The number of methoxy groups -OCH3 is 1. The SMILES string of the molecule is COc1ccc2[nH]c(C3CCN(CCCCc4c[nH]c5ccc(C(=O)NC(C)(C)C)cc45)CC3)cc2c1. The zero-order chi connectivity index (χ0) is 26.0. The fourth-order valence-electron chi connectivity index (χ4n) is 5.54. The maximum Gasteiger partial charge on any atom is 0.251 e. The third-order valence-corrected chi connectivity index (χ3v) is 7.56. The van der Waals surface area contributed by atoms with Crippen molar-refractivity contribution >= 4 is 27.7 Å². The van der Waals surface area contributed by atoms with Gasteiger partial charge in [0.1, 0.15) is 5.75 Å². The number of fused-ring (bicyclic) bond motifs is 2. The van der Waals surface area contributed by atoms with Crippen molar-refractivity contribution < 1.29 is 9.53 Å². The molecule has 1 aliphatic rings. The second-order valence-electron chi connectivity index (χ2n) is 11.5. The Morgan fingerprint density at radius 3 is 2.59 bits per heavy atom. The predicted octanol–water partition coefficient (Wildman–Crippen LogP) is 6.39. The van der Waals surface area contributed by atoms with Crippen molar-refractivity contribution in [2.75, 3.05) is 26.7 Å². The standard InChI is InChI=1S/C31H40N4O2/c1-31(2,3)34-30(36)22-8-10-28-26(18-22)23(20-32-28)7-5-6-14-35-15-12-21(13-16-35)29-19-24-17-25(37-4)9-11-27(24)33-29/h8-11,17-21,32-33H,5-7,12-16H2,1-4H3,(H,34,36). The molecule has 1 saturated heterocycles. The fraction of sp³-hybridized carbons (Fsp3) is 0.452. The number of hydrogen-bond donors (Lipinski definition) is 3. The molecule has 5 rings (SSSR count). The highest BCUT2D eigenvalue weighted by atomic mass is 16.5. The number of likely N-dealkylation sites (tertiary alicyclic amines) is 1. The molecule has 0 bridgehead atoms. The van der Waals surface area contributed by atoms with Crippen molar-refractivity contribution in [1.82, 2.24) is 20.2 Å². The number of unbranched alkanes of at least 4 members (excludes halogenated alkanes) is 1. The lowest BCUT2D eigenvalue weighted by Crippen LogP contribution is -2.40. The van der Waals surface area contributed by atoms with Gasteiger partial charge in [0.15, 0.2) is 0 Å². The molecule has 3 N–H and O–H groups in total. The molecule has 0 atom stereocenters. The molecule has 1 amide bonds. The van der Waals surface area contributed by atoms with Crippen LogP contribution in [0.1, 0.15) is 74.0 Å². The molecule has 6 heteroatoms. The molecule has 4 aromatic rings. The van der Waals surface area contributed by atoms with E-state index >= 15 is 0 Å². The van der Waals surface area contributed by atoms with Crippen LogP contribution < -0.4 is 10.1 Å². The molecule has 0 aliphatic carbocycles. The van der Waals surface area contributed by atoms with E-state index in [-0.39, 0.29) is 11.4 Å². The molecule has 1 fully saturated rings. The number of amides is 1. The number of hydrogen-bond acceptors (Lipinski definition) is 3. The first-order valence-corrected chi connectivity index (χ1v) is 13.6. The second kappa shape index (κ2) is 10.6. The van der Waals surface area contributed by atoms with Gasteiger partial charge in [0.25, 0.3) is 5.91 Å². The van der Waals surface area contributed by atoms with Crippen LogP contribution in [0.25, 0.3) is 21.8 Å². The maximum absolute atomic E-state index is 12.6. The third kappa shape index (κ3) is 6.02. The summed E-state index contributed by atoms with van der Waals surface area (Å²) in [5.41, 5.74) is 5.43. The van der Waals surface area contributed by atoms with Crippen molar-refractivity contribution in [2.45, 2.75) is 64.3 Å². The highest BCUT2D eigenvalue weighted by Gasteiger charge is 2.22. The Morgan fingerprint density at radius 2 is 1.84 bits per heavy atom. The van der Waals surface area contributed by atoms with Gasteiger partial charge in [-0.1, -0.05) is 0 Å². The van der Waals surface area contributed by atoms with E-state index in [4.69, 9.17) is 4.74 Å². The summed E-state index contributed by atoms with van der Waals surface area (Å²) in [5, 5.41) is 5.46. The molecule has 2 aromatic carbocycles. The summed E-state index contributed by atoms with van der Waals surface area (Å²) in [4.78, 5) is 22.3. The summed E-state index contributed by atoms with van der Waals surface area (Å²) in [6, 6.07) is 14.5. The number of nitrogens with one attached hydrogen (secondary N) is 3. The molecule has 1 aliphatic heterocycles. The minimum Gasteiger partial charge on any atom is -0.497 e. The molecule has 196 valence electrons. The number of H-pyrrole nitrogens is 2. The van der Waals surface area contributed by atoms with E-state index in [1.807, 2.05) is 45.0 Å². The van der Waals surface area contributed by atoms with E-state index in [0.717, 1.165) is 49.3 Å². The quantitative estimate of drug-likeness (QED) is 0.246. The number of benzene rings is 2. The highest BCUT2D eigenvalue weighted by molar-refractivity contribution is 5.99. The number of aromatic nitrogens is 2. The largest absolute Gasteiger partial charge is 0.497 e. The Kier molecular flexibility index (Phi) is 7.29. The first kappa shape index (κ1) is 25.4. The van der Waals surface area contributed by atoms with Crippen LogP contribution in [-0.2, 0) is 6.42 Å². The minimum absolute atomic E-state index is 0.0165. The Labute approximate surface area is 219 Å². The molecule has 2 aromatic heterocycles. The summed E-state index contributed by atoms with van der Waals surface area (Å²) in [6.45, 7) is 9.48. The Balaban J connectivity index is 1.10. The number of rotatable bonds is 8. The highest BCUT2D eigenvalue weighted by Crippen LogP contribution is 2.31. The van der Waals surface area contributed by atoms with Gasteiger partial charge in [-0.05, 0) is 121 Å². The number of piperidine rings is 1. The summed E-state index contributed by atoms with van der Waals surface area (Å²) in [6.07, 6.45) is 7.87. The maximum atomic E-state index is 12.6. The van der Waals surface area contributed by atoms with Crippen LogP contribution in [0.3, 0.4) is 0 Å². The number of aryl methyl sites for hydroxylation is 1. The molecule has 0 radical (unpaired) electrons. The summed E-state index contributed by atoms with van der Waals surface area (Å²) >= 11 is 0. The van der Waals surface area contributed by atoms with E-state index in [1.165, 1.54) is 46.8 Å². The van der Waals surface area contributed by atoms with Crippen LogP contribution in [-0.4, -0.2) is 53.1 Å². The molecule has 37 heavy (non-hydrogen) atoms. The van der Waals surface area contributed by atoms with E-state index in [0.29, 0.717) is 5.92 Å². The summed E-state index contributed by atoms with van der Waals surface area (Å²) in [5.74, 6) is 1.50. The first-order valence-electron chi connectivity index (χ1n) is 13.6. The van der Waals surface area contributed by atoms with Crippen LogP contribution in [0, 0.1) is 0 Å². The number of carbonyl (C=O) groups excluding carboxylic acids is 1. The third-order valence-electron chi connectivity index (χ3n) is 7.56. The van der Waals surface area contributed by atoms with Gasteiger partial charge in [0.05, 0.1) is 7.11 Å². The first-order chi connectivity index (χ1) is 17.8. The fourth-order valence-corrected chi connectivity index (χ4v) is 5.54. The lowest BCUT2D eigenvalue weighted by molar-refractivity contribution is 0.0919. The van der Waals surface area contributed by atoms with E-state index in [1.54, 1.807) is 7.11 Å². The topological polar surface area (TPSA) is 73.1 Å². The normalized spacial score (nSPS) is 15.5. The Morgan fingerprint density at radius 1 is 1.05 bits per heavy atom. The molecule has 3 heterocycles. The van der Waals surface area contributed by atoms with Crippen molar-refractivity contribution in [3.8, 4) is 5.75 Å². The number of ether oxygens (including phenoxy) is 1. The molecule has 0 saturated carbocycles. The van der Waals surface area contributed by atoms with Gasteiger partial charge in [0.2, 0.25) is 0 Å². The number of nitrogens with zero attached hydrogens (tertiary/aromatic N) is 1. The van der Waals surface area contributed by atoms with Crippen LogP contribution in [0.2, 0.25) is 0 Å². The number of carbonyl (C=O) groups is 1. The molecule has 0 spiro atoms. The number of aromatic amines is 2. The second-order valence-corrected chi connectivity index (χ2v) is 11.5. The summed E-state index contributed by atoms with van der Waals surface area (Å²) < 4.78 is 5.37. The monoisotopic (exact) mass is 500 g/mol. The molecule has 0 unspecified atom stereocenters.